The number of hydrogen-bond donors (Lipinski definition) is 0. The number of esters is 1. The first-order chi connectivity index (χ1) is 10.7. The molecular weight excluding hydrogens is 359 g/mol. The molecule has 24 heavy (non-hydrogen) atoms. The van der Waals surface area contributed by atoms with Crippen molar-refractivity contribution < 1.29 is 44.8 Å². The summed E-state index contributed by atoms with van der Waals surface area (Å²) in [6.07, 6.45) is -1.48. The summed E-state index contributed by atoms with van der Waals surface area (Å²) in [5.74, 6) is -2.07. The van der Waals surface area contributed by atoms with Gasteiger partial charge < -0.3 is 13.7 Å². The molecule has 8 nitrogen and oxygen atoms in total. The second-order valence-corrected chi connectivity index (χ2v) is 7.17. The van der Waals surface area contributed by atoms with Crippen LogP contribution in [0.1, 0.15) is 27.2 Å². The molecule has 0 atom stereocenters. The summed E-state index contributed by atoms with van der Waals surface area (Å²) < 4.78 is 72.8. The fraction of sp³-hybridized carbons (Fsp3) is 0.667. The number of amides is 1. The molecular formula is C12H16F3NO7S. The van der Waals surface area contributed by atoms with Crippen LogP contribution in [0, 0.1) is 0 Å². The molecule has 0 N–H and O–H groups in total. The molecule has 0 aliphatic carbocycles. The number of halogens is 3. The van der Waals surface area contributed by atoms with E-state index in [9.17, 15) is 31.2 Å². The number of nitrogens with zero attached hydrogens (tertiary/aromatic N) is 1. The van der Waals surface area contributed by atoms with Crippen molar-refractivity contribution in [3.63, 3.8) is 0 Å². The van der Waals surface area contributed by atoms with Gasteiger partial charge in [0.15, 0.2) is 11.5 Å². The topological polar surface area (TPSA) is 99.2 Å². The molecule has 0 aromatic rings. The van der Waals surface area contributed by atoms with Crippen LogP contribution in [0.4, 0.5) is 18.0 Å². The number of hydrogen-bond acceptors (Lipinski definition) is 7. The minimum Gasteiger partial charge on any atom is -0.464 e. The van der Waals surface area contributed by atoms with Crippen molar-refractivity contribution >= 4 is 22.2 Å². The second-order valence-electron chi connectivity index (χ2n) is 5.63. The van der Waals surface area contributed by atoms with Crippen LogP contribution in [0.15, 0.2) is 11.5 Å². The van der Waals surface area contributed by atoms with E-state index in [-0.39, 0.29) is 6.54 Å². The van der Waals surface area contributed by atoms with E-state index in [1.165, 1.54) is 20.8 Å². The lowest BCUT2D eigenvalue weighted by molar-refractivity contribution is -0.138. The summed E-state index contributed by atoms with van der Waals surface area (Å²) in [6, 6.07) is 0. The molecule has 1 aliphatic rings. The lowest BCUT2D eigenvalue weighted by Crippen LogP contribution is -2.37. The van der Waals surface area contributed by atoms with Crippen molar-refractivity contribution in [1.82, 2.24) is 4.90 Å². The van der Waals surface area contributed by atoms with Gasteiger partial charge in [-0.3, -0.25) is 4.90 Å². The number of carbonyl (C=O) groups is 2. The minimum atomic E-state index is -5.98. The third-order valence-corrected chi connectivity index (χ3v) is 3.57. The van der Waals surface area contributed by atoms with Crippen LogP contribution in [0.2, 0.25) is 0 Å². The fourth-order valence-electron chi connectivity index (χ4n) is 1.68. The van der Waals surface area contributed by atoms with E-state index < -0.39 is 51.2 Å². The van der Waals surface area contributed by atoms with Crippen molar-refractivity contribution in [2.24, 2.45) is 0 Å². The van der Waals surface area contributed by atoms with Gasteiger partial charge in [0, 0.05) is 13.0 Å². The van der Waals surface area contributed by atoms with Crippen molar-refractivity contribution in [3.8, 4) is 0 Å². The average Bonchev–Trinajstić information content (AvgIpc) is 2.77. The number of ether oxygens (including phenoxy) is 2. The molecule has 0 fully saturated rings. The molecule has 0 bridgehead atoms. The van der Waals surface area contributed by atoms with Gasteiger partial charge >= 0.3 is 27.7 Å². The van der Waals surface area contributed by atoms with Gasteiger partial charge in [0.1, 0.15) is 5.60 Å². The van der Waals surface area contributed by atoms with Gasteiger partial charge in [-0.2, -0.15) is 21.6 Å². The van der Waals surface area contributed by atoms with Gasteiger partial charge in [0.25, 0.3) is 0 Å². The first-order valence-corrected chi connectivity index (χ1v) is 7.93. The van der Waals surface area contributed by atoms with Gasteiger partial charge in [0.05, 0.1) is 7.11 Å². The Morgan fingerprint density at radius 2 is 1.71 bits per heavy atom. The molecule has 0 unspecified atom stereocenters. The molecule has 1 amide bonds. The molecule has 138 valence electrons. The van der Waals surface area contributed by atoms with Crippen LogP contribution in [0.25, 0.3) is 0 Å². The van der Waals surface area contributed by atoms with Crippen LogP contribution >= 0.6 is 0 Å². The number of rotatable bonds is 3. The van der Waals surface area contributed by atoms with E-state index in [0.717, 1.165) is 7.11 Å². The number of alkyl halides is 3. The molecule has 1 aliphatic heterocycles. The molecule has 1 rings (SSSR count). The zero-order chi connectivity index (χ0) is 18.9. The quantitative estimate of drug-likeness (QED) is 0.422. The normalized spacial score (nSPS) is 16.2. The maximum Gasteiger partial charge on any atom is 0.534 e. The number of methoxy groups -OCH3 is 1. The Morgan fingerprint density at radius 1 is 1.17 bits per heavy atom. The lowest BCUT2D eigenvalue weighted by Gasteiger charge is -2.25. The first-order valence-electron chi connectivity index (χ1n) is 6.52. The summed E-state index contributed by atoms with van der Waals surface area (Å²) in [7, 11) is -5.07. The van der Waals surface area contributed by atoms with E-state index in [2.05, 4.69) is 8.92 Å². The lowest BCUT2D eigenvalue weighted by atomic mass is 10.2. The van der Waals surface area contributed by atoms with E-state index in [1.54, 1.807) is 0 Å². The Hall–Kier alpha value is -1.98. The van der Waals surface area contributed by atoms with Gasteiger partial charge in [-0.1, -0.05) is 0 Å². The molecule has 0 saturated heterocycles. The maximum atomic E-state index is 12.4. The summed E-state index contributed by atoms with van der Waals surface area (Å²) >= 11 is 0. The highest BCUT2D eigenvalue weighted by Crippen LogP contribution is 2.33. The van der Waals surface area contributed by atoms with Crippen LogP contribution in [-0.4, -0.2) is 50.1 Å². The summed E-state index contributed by atoms with van der Waals surface area (Å²) in [6.45, 7) is 4.30. The third kappa shape index (κ3) is 4.52. The van der Waals surface area contributed by atoms with Crippen molar-refractivity contribution in [2.75, 3.05) is 13.7 Å². The summed E-state index contributed by atoms with van der Waals surface area (Å²) in [4.78, 5) is 24.5. The van der Waals surface area contributed by atoms with Gasteiger partial charge in [0.2, 0.25) is 0 Å². The second kappa shape index (κ2) is 6.49. The third-order valence-electron chi connectivity index (χ3n) is 2.58. The Balaban J connectivity index is 3.22. The highest BCUT2D eigenvalue weighted by atomic mass is 32.2. The average molecular weight is 375 g/mol. The Morgan fingerprint density at radius 3 is 2.12 bits per heavy atom. The zero-order valence-electron chi connectivity index (χ0n) is 13.3. The fourth-order valence-corrected chi connectivity index (χ4v) is 2.20. The van der Waals surface area contributed by atoms with Crippen LogP contribution in [-0.2, 0) is 28.6 Å². The highest BCUT2D eigenvalue weighted by Gasteiger charge is 2.50. The van der Waals surface area contributed by atoms with Crippen LogP contribution in [0.3, 0.4) is 0 Å². The Kier molecular flexibility index (Phi) is 5.43. The molecule has 0 saturated carbocycles. The largest absolute Gasteiger partial charge is 0.534 e. The van der Waals surface area contributed by atoms with Crippen LogP contribution < -0.4 is 0 Å². The van der Waals surface area contributed by atoms with Gasteiger partial charge in [-0.25, -0.2) is 9.59 Å². The monoisotopic (exact) mass is 375 g/mol. The molecule has 12 heteroatoms. The van der Waals surface area contributed by atoms with E-state index in [1.807, 2.05) is 0 Å². The van der Waals surface area contributed by atoms with Crippen molar-refractivity contribution in [1.29, 1.82) is 0 Å². The Labute approximate surface area is 136 Å². The SMILES string of the molecule is COC(=O)C1=C(OS(=O)(=O)C(F)(F)F)CCN1C(=O)OC(C)(C)C. The molecule has 0 radical (unpaired) electrons. The van der Waals surface area contributed by atoms with E-state index in [0.29, 0.717) is 4.90 Å². The molecule has 0 spiro atoms. The molecule has 1 heterocycles. The highest BCUT2D eigenvalue weighted by molar-refractivity contribution is 7.87. The van der Waals surface area contributed by atoms with Crippen molar-refractivity contribution in [2.45, 2.75) is 38.3 Å². The first kappa shape index (κ1) is 20.1. The minimum absolute atomic E-state index is 0.304. The smallest absolute Gasteiger partial charge is 0.464 e. The molecule has 0 aromatic carbocycles. The maximum absolute atomic E-state index is 12.4. The van der Waals surface area contributed by atoms with Gasteiger partial charge in [-0.05, 0) is 20.8 Å². The Bertz CT molecular complexity index is 661. The molecule has 0 aromatic heterocycles. The van der Waals surface area contributed by atoms with Crippen LogP contribution in [0.5, 0.6) is 0 Å². The van der Waals surface area contributed by atoms with Gasteiger partial charge in [-0.15, -0.1) is 0 Å². The van der Waals surface area contributed by atoms with E-state index in [4.69, 9.17) is 4.74 Å². The summed E-state index contributed by atoms with van der Waals surface area (Å²) in [5, 5.41) is 0. The van der Waals surface area contributed by atoms with Crippen molar-refractivity contribution in [3.05, 3.63) is 11.5 Å². The predicted molar refractivity (Wildman–Crippen MR) is 72.7 cm³/mol. The van der Waals surface area contributed by atoms with E-state index >= 15 is 0 Å². The standard InChI is InChI=1S/C12H16F3NO7S/c1-11(2,3)22-10(18)16-6-5-7(8(16)9(17)21-4)23-24(19,20)12(13,14)15/h5-6H2,1-4H3. The zero-order valence-corrected chi connectivity index (χ0v) is 14.1. The predicted octanol–water partition coefficient (Wildman–Crippen LogP) is 1.88. The number of carbonyl (C=O) groups excluding carboxylic acids is 2. The summed E-state index contributed by atoms with van der Waals surface area (Å²) in [5.41, 5.74) is -7.37.